The maximum atomic E-state index is 13.0. The average molecular weight is 288 g/mol. The quantitative estimate of drug-likeness (QED) is 0.921. The molecule has 3 heterocycles. The van der Waals surface area contributed by atoms with Gasteiger partial charge in [0.1, 0.15) is 11.6 Å². The Bertz CT molecular complexity index is 625. The fourth-order valence-corrected chi connectivity index (χ4v) is 2.76. The number of anilines is 1. The third-order valence-corrected chi connectivity index (χ3v) is 3.61. The van der Waals surface area contributed by atoms with Crippen molar-refractivity contribution in [2.24, 2.45) is 5.41 Å². The van der Waals surface area contributed by atoms with Crippen molar-refractivity contribution in [1.82, 2.24) is 14.8 Å². The van der Waals surface area contributed by atoms with Crippen LogP contribution in [0.3, 0.4) is 0 Å². The Kier molecular flexibility index (Phi) is 3.43. The Labute approximate surface area is 124 Å². The lowest BCUT2D eigenvalue weighted by Gasteiger charge is -2.25. The molecule has 0 amide bonds. The first kappa shape index (κ1) is 14.0. The Morgan fingerprint density at radius 3 is 2.86 bits per heavy atom. The number of hydrogen-bond acceptors (Lipinski definition) is 3. The van der Waals surface area contributed by atoms with E-state index in [9.17, 15) is 4.39 Å². The van der Waals surface area contributed by atoms with Crippen molar-refractivity contribution >= 4 is 5.82 Å². The Morgan fingerprint density at radius 2 is 2.19 bits per heavy atom. The lowest BCUT2D eigenvalue weighted by atomic mass is 9.91. The van der Waals surface area contributed by atoms with Gasteiger partial charge in [-0.15, -0.1) is 0 Å². The van der Waals surface area contributed by atoms with Gasteiger partial charge in [0.15, 0.2) is 0 Å². The van der Waals surface area contributed by atoms with E-state index in [4.69, 9.17) is 5.10 Å². The van der Waals surface area contributed by atoms with Crippen molar-refractivity contribution in [3.05, 3.63) is 41.6 Å². The van der Waals surface area contributed by atoms with E-state index in [1.807, 2.05) is 4.68 Å². The number of nitrogens with one attached hydrogen (secondary N) is 1. The number of halogens is 1. The largest absolute Gasteiger partial charge is 0.370 e. The van der Waals surface area contributed by atoms with Crippen molar-refractivity contribution in [2.75, 3.05) is 11.9 Å². The molecule has 0 aromatic carbocycles. The van der Waals surface area contributed by atoms with Crippen LogP contribution in [0.2, 0.25) is 0 Å². The molecule has 1 aliphatic heterocycles. The standard InChI is InChI=1S/C16H21FN4/c1-16(2,3)9-12-8-15-18-7-6-14(21(15)20-12)13-5-4-11(17)10-19-13/h4-5,8,10,14,18H,6-7,9H2,1-3H3. The lowest BCUT2D eigenvalue weighted by Crippen LogP contribution is -2.25. The summed E-state index contributed by atoms with van der Waals surface area (Å²) in [5.74, 6) is 0.721. The zero-order chi connectivity index (χ0) is 15.0. The third-order valence-electron chi connectivity index (χ3n) is 3.61. The summed E-state index contributed by atoms with van der Waals surface area (Å²) < 4.78 is 15.0. The summed E-state index contributed by atoms with van der Waals surface area (Å²) >= 11 is 0. The van der Waals surface area contributed by atoms with Crippen LogP contribution in [-0.4, -0.2) is 21.3 Å². The highest BCUT2D eigenvalue weighted by atomic mass is 19.1. The van der Waals surface area contributed by atoms with Gasteiger partial charge in [-0.1, -0.05) is 20.8 Å². The molecular formula is C16H21FN4. The minimum absolute atomic E-state index is 0.0792. The van der Waals surface area contributed by atoms with Gasteiger partial charge in [-0.2, -0.15) is 5.10 Å². The summed E-state index contributed by atoms with van der Waals surface area (Å²) in [6, 6.07) is 5.40. The van der Waals surface area contributed by atoms with Crippen molar-refractivity contribution in [1.29, 1.82) is 0 Å². The average Bonchev–Trinajstić information content (AvgIpc) is 2.79. The number of aromatic nitrogens is 3. The van der Waals surface area contributed by atoms with Crippen LogP contribution in [-0.2, 0) is 6.42 Å². The molecule has 2 aromatic heterocycles. The molecule has 0 saturated carbocycles. The molecule has 1 atom stereocenters. The molecule has 0 fully saturated rings. The summed E-state index contributed by atoms with van der Waals surface area (Å²) in [6.07, 6.45) is 3.11. The van der Waals surface area contributed by atoms with Gasteiger partial charge in [0.25, 0.3) is 0 Å². The zero-order valence-corrected chi connectivity index (χ0v) is 12.7. The lowest BCUT2D eigenvalue weighted by molar-refractivity contribution is 0.398. The highest BCUT2D eigenvalue weighted by Crippen LogP contribution is 2.30. The topological polar surface area (TPSA) is 42.7 Å². The molecule has 4 nitrogen and oxygen atoms in total. The van der Waals surface area contributed by atoms with Gasteiger partial charge >= 0.3 is 0 Å². The number of pyridine rings is 1. The van der Waals surface area contributed by atoms with Crippen LogP contribution in [0, 0.1) is 11.2 Å². The number of fused-ring (bicyclic) bond motifs is 1. The molecule has 0 saturated heterocycles. The van der Waals surface area contributed by atoms with Gasteiger partial charge < -0.3 is 5.32 Å². The molecule has 2 aromatic rings. The first-order valence-corrected chi connectivity index (χ1v) is 7.36. The van der Waals surface area contributed by atoms with Gasteiger partial charge in [-0.3, -0.25) is 4.98 Å². The normalized spacial score (nSPS) is 18.2. The molecule has 3 rings (SSSR count). The van der Waals surface area contributed by atoms with E-state index in [0.717, 1.165) is 36.6 Å². The Hall–Kier alpha value is -1.91. The fraction of sp³-hybridized carbons (Fsp3) is 0.500. The maximum Gasteiger partial charge on any atom is 0.141 e. The molecule has 1 aliphatic rings. The van der Waals surface area contributed by atoms with Crippen LogP contribution in [0.25, 0.3) is 0 Å². The van der Waals surface area contributed by atoms with Crippen LogP contribution in [0.4, 0.5) is 10.2 Å². The third kappa shape index (κ3) is 3.06. The van der Waals surface area contributed by atoms with Gasteiger partial charge in [0.05, 0.1) is 23.6 Å². The smallest absolute Gasteiger partial charge is 0.141 e. The minimum atomic E-state index is -0.304. The Balaban J connectivity index is 1.92. The van der Waals surface area contributed by atoms with Crippen molar-refractivity contribution in [2.45, 2.75) is 39.7 Å². The molecule has 21 heavy (non-hydrogen) atoms. The second-order valence-electron chi connectivity index (χ2n) is 6.84. The summed E-state index contributed by atoms with van der Waals surface area (Å²) in [6.45, 7) is 7.50. The Morgan fingerprint density at radius 1 is 1.38 bits per heavy atom. The van der Waals surface area contributed by atoms with E-state index in [1.165, 1.54) is 12.3 Å². The minimum Gasteiger partial charge on any atom is -0.370 e. The van der Waals surface area contributed by atoms with Gasteiger partial charge in [0.2, 0.25) is 0 Å². The second-order valence-corrected chi connectivity index (χ2v) is 6.84. The van der Waals surface area contributed by atoms with E-state index in [0.29, 0.717) is 0 Å². The van der Waals surface area contributed by atoms with Crippen molar-refractivity contribution in [3.63, 3.8) is 0 Å². The second kappa shape index (κ2) is 5.13. The van der Waals surface area contributed by atoms with Gasteiger partial charge in [-0.25, -0.2) is 9.07 Å². The number of nitrogens with zero attached hydrogens (tertiary/aromatic N) is 3. The number of rotatable bonds is 2. The molecule has 0 radical (unpaired) electrons. The van der Waals surface area contributed by atoms with Crippen molar-refractivity contribution in [3.8, 4) is 0 Å². The highest BCUT2D eigenvalue weighted by molar-refractivity contribution is 5.41. The molecule has 0 spiro atoms. The molecule has 5 heteroatoms. The summed E-state index contributed by atoms with van der Waals surface area (Å²) in [4.78, 5) is 4.22. The first-order valence-electron chi connectivity index (χ1n) is 7.36. The van der Waals surface area contributed by atoms with Crippen LogP contribution < -0.4 is 5.32 Å². The monoisotopic (exact) mass is 288 g/mol. The fourth-order valence-electron chi connectivity index (χ4n) is 2.76. The van der Waals surface area contributed by atoms with Crippen LogP contribution in [0.1, 0.15) is 44.6 Å². The van der Waals surface area contributed by atoms with Crippen molar-refractivity contribution < 1.29 is 4.39 Å². The molecular weight excluding hydrogens is 267 g/mol. The molecule has 112 valence electrons. The maximum absolute atomic E-state index is 13.0. The van der Waals surface area contributed by atoms with Gasteiger partial charge in [0, 0.05) is 12.6 Å². The molecule has 1 N–H and O–H groups in total. The van der Waals surface area contributed by atoms with E-state index in [1.54, 1.807) is 6.07 Å². The van der Waals surface area contributed by atoms with Crippen LogP contribution in [0.5, 0.6) is 0 Å². The summed E-state index contributed by atoms with van der Waals surface area (Å²) in [7, 11) is 0. The molecule has 0 aliphatic carbocycles. The van der Waals surface area contributed by atoms with E-state index >= 15 is 0 Å². The molecule has 0 bridgehead atoms. The SMILES string of the molecule is CC(C)(C)Cc1cc2n(n1)C(c1ccc(F)cn1)CCN2. The van der Waals surface area contributed by atoms with Gasteiger partial charge in [-0.05, 0) is 30.4 Å². The first-order chi connectivity index (χ1) is 9.92. The van der Waals surface area contributed by atoms with E-state index in [-0.39, 0.29) is 17.3 Å². The van der Waals surface area contributed by atoms with E-state index < -0.39 is 0 Å². The van der Waals surface area contributed by atoms with Crippen LogP contribution >= 0.6 is 0 Å². The summed E-state index contributed by atoms with van der Waals surface area (Å²) in [5.41, 5.74) is 2.15. The summed E-state index contributed by atoms with van der Waals surface area (Å²) in [5, 5.41) is 8.12. The number of hydrogen-bond donors (Lipinski definition) is 1. The van der Waals surface area contributed by atoms with E-state index in [2.05, 4.69) is 37.1 Å². The predicted octanol–water partition coefficient (Wildman–Crippen LogP) is 3.41. The van der Waals surface area contributed by atoms with Crippen LogP contribution in [0.15, 0.2) is 24.4 Å². The zero-order valence-electron chi connectivity index (χ0n) is 12.7. The predicted molar refractivity (Wildman–Crippen MR) is 80.8 cm³/mol. The highest BCUT2D eigenvalue weighted by Gasteiger charge is 2.25. The molecule has 1 unspecified atom stereocenters.